The van der Waals surface area contributed by atoms with Crippen molar-refractivity contribution in [2.45, 2.75) is 12.8 Å². The lowest BCUT2D eigenvalue weighted by Crippen LogP contribution is -2.27. The molecule has 8 nitrogen and oxygen atoms in total. The number of aryl methyl sites for hydroxylation is 1. The first-order chi connectivity index (χ1) is 15.3. The summed E-state index contributed by atoms with van der Waals surface area (Å²) >= 11 is 0. The molecule has 0 radical (unpaired) electrons. The summed E-state index contributed by atoms with van der Waals surface area (Å²) in [6.45, 7) is 0.914. The van der Waals surface area contributed by atoms with Gasteiger partial charge in [-0.05, 0) is 49.2 Å². The maximum atomic E-state index is 13.3. The third-order valence-corrected chi connectivity index (χ3v) is 5.51. The highest BCUT2D eigenvalue weighted by atomic mass is 19.1. The number of aromatic nitrogens is 2. The van der Waals surface area contributed by atoms with Crippen molar-refractivity contribution in [3.05, 3.63) is 59.5 Å². The van der Waals surface area contributed by atoms with E-state index in [-0.39, 0.29) is 23.2 Å². The van der Waals surface area contributed by atoms with E-state index >= 15 is 0 Å². The van der Waals surface area contributed by atoms with Crippen molar-refractivity contribution in [1.82, 2.24) is 15.1 Å². The Kier molecular flexibility index (Phi) is 7.19. The summed E-state index contributed by atoms with van der Waals surface area (Å²) in [4.78, 5) is 37.3. The fourth-order valence-electron chi connectivity index (χ4n) is 3.70. The fourth-order valence-corrected chi connectivity index (χ4v) is 3.70. The number of halogens is 1. The minimum absolute atomic E-state index is 0.0610. The van der Waals surface area contributed by atoms with Crippen LogP contribution in [0.15, 0.2) is 42.5 Å². The van der Waals surface area contributed by atoms with Crippen molar-refractivity contribution in [2.24, 2.45) is 13.0 Å². The Hall–Kier alpha value is -3.75. The SMILES string of the molecule is CN(CCC(CCNC=O)C(=O)c1ccc2c(C(=O)O)nn(C)c2c1)c1ccc(F)cc1. The second-order valence-electron chi connectivity index (χ2n) is 7.62. The minimum atomic E-state index is -1.13. The van der Waals surface area contributed by atoms with Gasteiger partial charge in [0.05, 0.1) is 5.52 Å². The Morgan fingerprint density at radius 3 is 2.59 bits per heavy atom. The van der Waals surface area contributed by atoms with Crippen LogP contribution in [0.2, 0.25) is 0 Å². The number of carboxylic acid groups (broad SMARTS) is 1. The largest absolute Gasteiger partial charge is 0.476 e. The average Bonchev–Trinajstić information content (AvgIpc) is 3.12. The van der Waals surface area contributed by atoms with Crippen LogP contribution < -0.4 is 10.2 Å². The predicted octanol–water partition coefficient (Wildman–Crippen LogP) is 2.87. The molecule has 0 aliphatic rings. The number of carboxylic acids is 1. The van der Waals surface area contributed by atoms with E-state index in [0.29, 0.717) is 48.8 Å². The van der Waals surface area contributed by atoms with Crippen LogP contribution in [0.4, 0.5) is 10.1 Å². The maximum absolute atomic E-state index is 13.3. The Morgan fingerprint density at radius 1 is 1.22 bits per heavy atom. The van der Waals surface area contributed by atoms with E-state index in [1.165, 1.54) is 16.8 Å². The van der Waals surface area contributed by atoms with Gasteiger partial charge in [0.15, 0.2) is 11.5 Å². The van der Waals surface area contributed by atoms with Crippen LogP contribution in [-0.2, 0) is 11.8 Å². The number of ketones is 1. The average molecular weight is 440 g/mol. The van der Waals surface area contributed by atoms with Crippen LogP contribution in [0.1, 0.15) is 33.7 Å². The maximum Gasteiger partial charge on any atom is 0.357 e. The monoisotopic (exact) mass is 440 g/mol. The molecule has 2 aromatic carbocycles. The highest BCUT2D eigenvalue weighted by Gasteiger charge is 2.23. The smallest absolute Gasteiger partial charge is 0.357 e. The predicted molar refractivity (Wildman–Crippen MR) is 118 cm³/mol. The molecule has 1 atom stereocenters. The molecule has 32 heavy (non-hydrogen) atoms. The number of anilines is 1. The Labute approximate surface area is 184 Å². The van der Waals surface area contributed by atoms with Crippen LogP contribution in [0.5, 0.6) is 0 Å². The quantitative estimate of drug-likeness (QED) is 0.270. The molecule has 1 heterocycles. The summed E-state index contributed by atoms with van der Waals surface area (Å²) in [5.74, 6) is -1.90. The first-order valence-electron chi connectivity index (χ1n) is 10.2. The molecular weight excluding hydrogens is 415 g/mol. The molecule has 1 aromatic heterocycles. The van der Waals surface area contributed by atoms with Gasteiger partial charge < -0.3 is 15.3 Å². The van der Waals surface area contributed by atoms with Gasteiger partial charge in [-0.25, -0.2) is 9.18 Å². The Morgan fingerprint density at radius 2 is 1.94 bits per heavy atom. The van der Waals surface area contributed by atoms with Crippen LogP contribution in [0, 0.1) is 11.7 Å². The number of benzene rings is 2. The molecule has 2 N–H and O–H groups in total. The summed E-state index contributed by atoms with van der Waals surface area (Å²) in [5.41, 5.74) is 1.79. The van der Waals surface area contributed by atoms with E-state index < -0.39 is 5.97 Å². The zero-order valence-corrected chi connectivity index (χ0v) is 17.9. The van der Waals surface area contributed by atoms with Gasteiger partial charge in [-0.1, -0.05) is 6.07 Å². The number of nitrogens with zero attached hydrogens (tertiary/aromatic N) is 3. The number of amides is 1. The van der Waals surface area contributed by atoms with Crippen LogP contribution in [0.3, 0.4) is 0 Å². The summed E-state index contributed by atoms with van der Waals surface area (Å²) in [7, 11) is 3.50. The molecule has 0 spiro atoms. The Bertz CT molecular complexity index is 1130. The van der Waals surface area contributed by atoms with Gasteiger partial charge in [-0.3, -0.25) is 14.3 Å². The third-order valence-electron chi connectivity index (χ3n) is 5.51. The van der Waals surface area contributed by atoms with Crippen LogP contribution in [-0.4, -0.2) is 53.2 Å². The van der Waals surface area contributed by atoms with E-state index in [0.717, 1.165) is 5.69 Å². The van der Waals surface area contributed by atoms with Crippen molar-refractivity contribution in [2.75, 3.05) is 25.0 Å². The molecule has 0 saturated heterocycles. The molecular formula is C23H25FN4O4. The molecule has 1 amide bonds. The zero-order chi connectivity index (χ0) is 23.3. The minimum Gasteiger partial charge on any atom is -0.476 e. The lowest BCUT2D eigenvalue weighted by Gasteiger charge is -2.23. The molecule has 9 heteroatoms. The van der Waals surface area contributed by atoms with Gasteiger partial charge in [0.2, 0.25) is 6.41 Å². The number of hydrogen-bond donors (Lipinski definition) is 2. The van der Waals surface area contributed by atoms with Gasteiger partial charge >= 0.3 is 5.97 Å². The first kappa shape index (κ1) is 22.9. The van der Waals surface area contributed by atoms with Crippen molar-refractivity contribution < 1.29 is 23.9 Å². The number of rotatable bonds is 11. The van der Waals surface area contributed by atoms with E-state index in [9.17, 15) is 23.9 Å². The van der Waals surface area contributed by atoms with E-state index in [1.807, 2.05) is 11.9 Å². The lowest BCUT2D eigenvalue weighted by molar-refractivity contribution is -0.109. The number of aromatic carboxylic acids is 1. The summed E-state index contributed by atoms with van der Waals surface area (Å²) < 4.78 is 14.6. The normalized spacial score (nSPS) is 11.8. The molecule has 0 fully saturated rings. The fraction of sp³-hybridized carbons (Fsp3) is 0.304. The standard InChI is InChI=1S/C23H25FN4O4/c1-27(18-6-4-17(24)5-7-18)12-10-15(9-11-25-14-29)22(30)16-3-8-19-20(13-16)28(2)26-21(19)23(31)32/h3-8,13-15H,9-12H2,1-2H3,(H,25,29)(H,31,32). The van der Waals surface area contributed by atoms with E-state index in [2.05, 4.69) is 10.4 Å². The van der Waals surface area contributed by atoms with Gasteiger partial charge in [0, 0.05) is 49.7 Å². The second-order valence-corrected chi connectivity index (χ2v) is 7.62. The number of nitrogens with one attached hydrogen (secondary N) is 1. The van der Waals surface area contributed by atoms with Crippen molar-refractivity contribution in [1.29, 1.82) is 0 Å². The van der Waals surface area contributed by atoms with Gasteiger partial charge in [0.1, 0.15) is 5.82 Å². The molecule has 0 saturated carbocycles. The van der Waals surface area contributed by atoms with Gasteiger partial charge in [-0.15, -0.1) is 0 Å². The number of fused-ring (bicyclic) bond motifs is 1. The summed E-state index contributed by atoms with van der Waals surface area (Å²) in [5, 5.41) is 16.4. The molecule has 0 aliphatic heterocycles. The van der Waals surface area contributed by atoms with E-state index in [1.54, 1.807) is 37.4 Å². The highest BCUT2D eigenvalue weighted by molar-refractivity contribution is 6.05. The van der Waals surface area contributed by atoms with Crippen molar-refractivity contribution in [3.63, 3.8) is 0 Å². The molecule has 3 aromatic rings. The van der Waals surface area contributed by atoms with E-state index in [4.69, 9.17) is 0 Å². The Balaban J connectivity index is 1.80. The van der Waals surface area contributed by atoms with Crippen molar-refractivity contribution in [3.8, 4) is 0 Å². The third kappa shape index (κ3) is 5.11. The second kappa shape index (κ2) is 10.0. The molecule has 0 bridgehead atoms. The van der Waals surface area contributed by atoms with Gasteiger partial charge in [-0.2, -0.15) is 5.10 Å². The number of hydrogen-bond acceptors (Lipinski definition) is 5. The summed E-state index contributed by atoms with van der Waals surface area (Å²) in [6.07, 6.45) is 1.58. The highest BCUT2D eigenvalue weighted by Crippen LogP contribution is 2.24. The molecule has 168 valence electrons. The number of Topliss-reactive ketones (excluding diaryl/α,β-unsaturated/α-hetero) is 1. The molecule has 3 rings (SSSR count). The molecule has 1 unspecified atom stereocenters. The summed E-state index contributed by atoms with van der Waals surface area (Å²) in [6, 6.07) is 11.0. The number of carbonyl (C=O) groups is 3. The lowest BCUT2D eigenvalue weighted by atomic mass is 9.91. The number of carbonyl (C=O) groups excluding carboxylic acids is 2. The van der Waals surface area contributed by atoms with Crippen molar-refractivity contribution >= 4 is 34.8 Å². The zero-order valence-electron chi connectivity index (χ0n) is 17.9. The van der Waals surface area contributed by atoms with Gasteiger partial charge in [0.25, 0.3) is 0 Å². The van der Waals surface area contributed by atoms with Crippen LogP contribution >= 0.6 is 0 Å². The topological polar surface area (TPSA) is 105 Å². The van der Waals surface area contributed by atoms with Crippen LogP contribution in [0.25, 0.3) is 10.9 Å². The first-order valence-corrected chi connectivity index (χ1v) is 10.2. The molecule has 0 aliphatic carbocycles.